The van der Waals surface area contributed by atoms with Crippen LogP contribution in [0.25, 0.3) is 0 Å². The van der Waals surface area contributed by atoms with Gasteiger partial charge in [0.1, 0.15) is 4.75 Å². The first-order valence-electron chi connectivity index (χ1n) is 5.06. The maximum absolute atomic E-state index is 12.1. The van der Waals surface area contributed by atoms with E-state index in [0.717, 1.165) is 22.6 Å². The molecule has 2 spiro atoms. The topological polar surface area (TPSA) is 54.5 Å². The molecule has 4 fully saturated rings. The van der Waals surface area contributed by atoms with E-state index in [2.05, 4.69) is 0 Å². The first-order valence-corrected chi connectivity index (χ1v) is 7.39. The summed E-state index contributed by atoms with van der Waals surface area (Å²) in [5.74, 6) is 0.600. The maximum Gasteiger partial charge on any atom is 0.391 e. The number of sulfonamides is 1. The Bertz CT molecular complexity index is 489. The van der Waals surface area contributed by atoms with Crippen LogP contribution in [0.1, 0.15) is 19.3 Å². The van der Waals surface area contributed by atoms with Gasteiger partial charge in [-0.2, -0.15) is 0 Å². The highest BCUT2D eigenvalue weighted by Gasteiger charge is 3.06. The van der Waals surface area contributed by atoms with Gasteiger partial charge >= 0.3 is 16.5 Å². The number of hydrogen-bond acceptors (Lipinski definition) is 3. The molecule has 3 aliphatic carbocycles. The van der Waals surface area contributed by atoms with E-state index in [-0.39, 0.29) is 17.2 Å². The van der Waals surface area contributed by atoms with Crippen LogP contribution in [-0.2, 0) is 14.8 Å². The molecule has 74 valence electrons. The zero-order chi connectivity index (χ0) is 9.93. The summed E-state index contributed by atoms with van der Waals surface area (Å²) < 4.78 is 24.7. The van der Waals surface area contributed by atoms with Crippen LogP contribution in [0.5, 0.6) is 0 Å². The zero-order valence-electron chi connectivity index (χ0n) is 7.86. The molecule has 0 aromatic heterocycles. The van der Waals surface area contributed by atoms with Gasteiger partial charge in [0, 0.05) is 5.92 Å². The Hall–Kier alpha value is -0.0475. The molecule has 4 rings (SSSR count). The van der Waals surface area contributed by atoms with Gasteiger partial charge in [-0.05, 0) is 18.8 Å². The lowest BCUT2D eigenvalue weighted by Gasteiger charge is -2.30. The number of rotatable bonds is 0. The Morgan fingerprint density at radius 1 is 1.50 bits per heavy atom. The fraction of sp³-hybridized carbons (Fsp3) is 0.875. The molecule has 0 radical (unpaired) electrons. The fourth-order valence-electron chi connectivity index (χ4n) is 4.50. The van der Waals surface area contributed by atoms with Crippen molar-refractivity contribution in [3.05, 3.63) is 0 Å². The highest BCUT2D eigenvalue weighted by Crippen LogP contribution is 2.96. The molecule has 3 saturated carbocycles. The molecular weight excluding hydrogens is 217 g/mol. The second kappa shape index (κ2) is 1.70. The molecular formula is C8H10AlNO3S. The molecule has 1 unspecified atom stereocenters. The molecule has 14 heavy (non-hydrogen) atoms. The summed E-state index contributed by atoms with van der Waals surface area (Å²) in [6.45, 7) is 0. The number of carbonyl (C=O) groups is 1. The van der Waals surface area contributed by atoms with Gasteiger partial charge in [0.2, 0.25) is 15.9 Å². The van der Waals surface area contributed by atoms with Gasteiger partial charge in [-0.15, -0.1) is 0 Å². The van der Waals surface area contributed by atoms with Crippen LogP contribution in [0, 0.1) is 17.3 Å². The third kappa shape index (κ3) is 0.413. The molecule has 4 nitrogen and oxygen atoms in total. The van der Waals surface area contributed by atoms with Gasteiger partial charge in [-0.1, -0.05) is 6.42 Å². The largest absolute Gasteiger partial charge is 0.391 e. The van der Waals surface area contributed by atoms with Crippen molar-refractivity contribution in [2.24, 2.45) is 17.3 Å². The van der Waals surface area contributed by atoms with Gasteiger partial charge in [-0.3, -0.25) is 4.79 Å². The van der Waals surface area contributed by atoms with Crippen LogP contribution in [0.3, 0.4) is 0 Å². The summed E-state index contributed by atoms with van der Waals surface area (Å²) in [5, 5.41) is 0. The molecule has 4 atom stereocenters. The minimum Gasteiger partial charge on any atom is -0.343 e. The van der Waals surface area contributed by atoms with Crippen LogP contribution in [0.15, 0.2) is 0 Å². The average Bonchev–Trinajstić information content (AvgIpc) is 3.01. The average molecular weight is 227 g/mol. The summed E-state index contributed by atoms with van der Waals surface area (Å²) in [4.78, 5) is 11.9. The SMILES string of the molecule is O=C1[N]([AlH2])S(=O)(=O)C23CCC[C@@H]4[C@@H]2[C@@]143. The molecule has 0 aromatic carbocycles. The van der Waals surface area contributed by atoms with Crippen LogP contribution >= 0.6 is 0 Å². The maximum atomic E-state index is 12.1. The minimum atomic E-state index is -3.24. The first kappa shape index (κ1) is 8.14. The lowest BCUT2D eigenvalue weighted by atomic mass is 9.82. The van der Waals surface area contributed by atoms with Crippen molar-refractivity contribution >= 4 is 32.4 Å². The summed E-state index contributed by atoms with van der Waals surface area (Å²) in [6, 6.07) is 0. The molecule has 1 heterocycles. The Labute approximate surface area is 90.3 Å². The second-order valence-electron chi connectivity index (χ2n) is 5.01. The number of nitrogens with zero attached hydrogens (tertiary/aromatic N) is 1. The second-order valence-corrected chi connectivity index (χ2v) is 8.78. The van der Waals surface area contributed by atoms with Crippen molar-refractivity contribution in [1.29, 1.82) is 0 Å². The van der Waals surface area contributed by atoms with E-state index >= 15 is 0 Å². The Morgan fingerprint density at radius 2 is 2.21 bits per heavy atom. The molecule has 1 aliphatic heterocycles. The summed E-state index contributed by atoms with van der Waals surface area (Å²) in [5.41, 5.74) is -0.383. The van der Waals surface area contributed by atoms with Gasteiger partial charge in [0.25, 0.3) is 0 Å². The normalized spacial score (nSPS) is 60.6. The molecule has 0 bridgehead atoms. The van der Waals surface area contributed by atoms with Crippen LogP contribution in [-0.4, -0.2) is 38.9 Å². The van der Waals surface area contributed by atoms with Gasteiger partial charge in [0.05, 0.1) is 5.41 Å². The molecule has 1 amide bonds. The van der Waals surface area contributed by atoms with E-state index in [1.54, 1.807) is 0 Å². The summed E-state index contributed by atoms with van der Waals surface area (Å²) >= 11 is 0.326. The molecule has 4 aliphatic rings. The van der Waals surface area contributed by atoms with E-state index in [1.165, 1.54) is 0 Å². The smallest absolute Gasteiger partial charge is 0.343 e. The number of hydrogen-bond donors (Lipinski definition) is 0. The van der Waals surface area contributed by atoms with Crippen LogP contribution in [0.2, 0.25) is 0 Å². The molecule has 6 heteroatoms. The summed E-state index contributed by atoms with van der Waals surface area (Å²) in [6.07, 6.45) is 2.80. The monoisotopic (exact) mass is 227 g/mol. The fourth-order valence-corrected chi connectivity index (χ4v) is 8.51. The van der Waals surface area contributed by atoms with Gasteiger partial charge < -0.3 is 3.29 Å². The van der Waals surface area contributed by atoms with Crippen molar-refractivity contribution in [3.63, 3.8) is 0 Å². The van der Waals surface area contributed by atoms with Crippen LogP contribution in [0.4, 0.5) is 0 Å². The molecule has 1 saturated heterocycles. The van der Waals surface area contributed by atoms with E-state index < -0.39 is 14.8 Å². The molecule has 0 aromatic rings. The number of carbonyl (C=O) groups excluding carboxylic acids is 1. The highest BCUT2D eigenvalue weighted by atomic mass is 32.2. The lowest BCUT2D eigenvalue weighted by Crippen LogP contribution is -2.40. The van der Waals surface area contributed by atoms with Crippen molar-refractivity contribution in [2.45, 2.75) is 24.0 Å². The zero-order valence-corrected chi connectivity index (χ0v) is 10.7. The Morgan fingerprint density at radius 3 is 2.86 bits per heavy atom. The van der Waals surface area contributed by atoms with Crippen molar-refractivity contribution < 1.29 is 13.2 Å². The third-order valence-electron chi connectivity index (χ3n) is 5.01. The Balaban J connectivity index is 2.01. The minimum absolute atomic E-state index is 0.0566. The third-order valence-corrected chi connectivity index (χ3v) is 9.46. The van der Waals surface area contributed by atoms with E-state index in [1.807, 2.05) is 0 Å². The lowest BCUT2D eigenvalue weighted by molar-refractivity contribution is -0.126. The standard InChI is InChI=1S/C8H9NO3S.Al.2H/c10-6-8-4-2-1-3-7(8,5(4)8)13(11,12)9-6;;;/h4-5H,1-3H2,(H,9,10);;;/q;+1;;/p-1/t4-,5+,7?,8-;;;/m1.../s1. The predicted molar refractivity (Wildman–Crippen MR) is 50.3 cm³/mol. The van der Waals surface area contributed by atoms with Crippen molar-refractivity contribution in [1.82, 2.24) is 3.29 Å². The van der Waals surface area contributed by atoms with Gasteiger partial charge in [0.15, 0.2) is 0 Å². The van der Waals surface area contributed by atoms with Crippen LogP contribution < -0.4 is 0 Å². The van der Waals surface area contributed by atoms with Crippen molar-refractivity contribution in [3.8, 4) is 0 Å². The summed E-state index contributed by atoms with van der Waals surface area (Å²) in [7, 11) is -3.24. The first-order chi connectivity index (χ1) is 6.53. The van der Waals surface area contributed by atoms with E-state index in [4.69, 9.17) is 0 Å². The predicted octanol–water partition coefficient (Wildman–Crippen LogP) is -1.12. The van der Waals surface area contributed by atoms with Gasteiger partial charge in [-0.25, -0.2) is 8.42 Å². The van der Waals surface area contributed by atoms with Crippen molar-refractivity contribution in [2.75, 3.05) is 0 Å². The van der Waals surface area contributed by atoms with E-state index in [0.29, 0.717) is 22.4 Å². The molecule has 0 N–H and O–H groups in total. The highest BCUT2D eigenvalue weighted by molar-refractivity contribution is 7.93. The number of amides is 1. The quantitative estimate of drug-likeness (QED) is 0.492. The van der Waals surface area contributed by atoms with E-state index in [9.17, 15) is 13.2 Å². The Kier molecular flexibility index (Phi) is 0.991.